The number of methoxy groups -OCH3 is 1. The second-order valence-corrected chi connectivity index (χ2v) is 12.9. The summed E-state index contributed by atoms with van der Waals surface area (Å²) in [7, 11) is 1.63. The molecule has 11 nitrogen and oxygen atoms in total. The largest absolute Gasteiger partial charge is 0.478 e. The quantitative estimate of drug-likeness (QED) is 0.330. The van der Waals surface area contributed by atoms with Crippen LogP contribution in [0, 0.1) is 24.1 Å². The van der Waals surface area contributed by atoms with Gasteiger partial charge >= 0.3 is 5.97 Å². The number of fused-ring (bicyclic) bond motifs is 1. The number of amides is 1. The lowest BCUT2D eigenvalue weighted by molar-refractivity contribution is 0.0516. The van der Waals surface area contributed by atoms with Gasteiger partial charge in [0.15, 0.2) is 6.73 Å². The fourth-order valence-electron chi connectivity index (χ4n) is 6.81. The molecule has 0 spiro atoms. The number of anilines is 2. The van der Waals surface area contributed by atoms with E-state index in [1.165, 1.54) is 4.90 Å². The Hall–Kier alpha value is -4.12. The first-order valence-electron chi connectivity index (χ1n) is 15.9. The molecular formula is C35H36Cl2FN5O6. The Balaban J connectivity index is 1.25. The van der Waals surface area contributed by atoms with Gasteiger partial charge in [-0.3, -0.25) is 9.69 Å². The standard InChI is InChI=1S/C35H36Cl2FN5O6/c1-21-30(29(38)16-26(35(45)46)32(21)41-9-12-48-13-10-41)25-5-3-4-22-18-43(20-49-33(22)25)34(44)31-27(36)14-23(15-28(31)37)42-7-6-40(8-11-47-2)24(17-39)19-42/h3-5,14-16,24H,6-13,18-20H2,1-2H3,(H,45,46). The number of para-hydroxylation sites is 1. The third-order valence-electron chi connectivity index (χ3n) is 9.26. The summed E-state index contributed by atoms with van der Waals surface area (Å²) in [6.07, 6.45) is 0. The van der Waals surface area contributed by atoms with E-state index in [0.717, 1.165) is 6.07 Å². The number of carboxylic acid groups (broad SMARTS) is 1. The molecule has 3 aromatic carbocycles. The minimum absolute atomic E-state index is 0.114. The molecule has 0 aliphatic carbocycles. The topological polar surface area (TPSA) is 119 Å². The van der Waals surface area contributed by atoms with Crippen LogP contribution in [0.4, 0.5) is 15.8 Å². The number of nitriles is 1. The molecule has 1 atom stereocenters. The lowest BCUT2D eigenvalue weighted by atomic mass is 9.92. The Kier molecular flexibility index (Phi) is 10.5. The Morgan fingerprint density at radius 2 is 1.84 bits per heavy atom. The van der Waals surface area contributed by atoms with Gasteiger partial charge in [0.25, 0.3) is 5.91 Å². The smallest absolute Gasteiger partial charge is 0.337 e. The summed E-state index contributed by atoms with van der Waals surface area (Å²) in [6, 6.07) is 11.7. The molecule has 1 N–H and O–H groups in total. The molecule has 3 heterocycles. The van der Waals surface area contributed by atoms with Crippen molar-refractivity contribution in [2.75, 3.05) is 82.7 Å². The number of carbonyl (C=O) groups excluding carboxylic acids is 1. The summed E-state index contributed by atoms with van der Waals surface area (Å²) < 4.78 is 32.6. The van der Waals surface area contributed by atoms with Gasteiger partial charge in [-0.25, -0.2) is 9.18 Å². The van der Waals surface area contributed by atoms with Crippen molar-refractivity contribution in [2.45, 2.75) is 19.5 Å². The minimum Gasteiger partial charge on any atom is -0.478 e. The molecular weight excluding hydrogens is 676 g/mol. The monoisotopic (exact) mass is 711 g/mol. The number of hydrogen-bond acceptors (Lipinski definition) is 9. The van der Waals surface area contributed by atoms with Gasteiger partial charge in [0.05, 0.1) is 59.3 Å². The highest BCUT2D eigenvalue weighted by molar-refractivity contribution is 6.40. The van der Waals surface area contributed by atoms with E-state index >= 15 is 4.39 Å². The zero-order chi connectivity index (χ0) is 34.8. The molecule has 2 fully saturated rings. The van der Waals surface area contributed by atoms with Gasteiger partial charge in [-0.1, -0.05) is 41.4 Å². The fraction of sp³-hybridized carbons (Fsp3) is 0.400. The number of carbonyl (C=O) groups is 2. The molecule has 0 aromatic heterocycles. The molecule has 3 aliphatic rings. The predicted octanol–water partition coefficient (Wildman–Crippen LogP) is 5.30. The molecule has 49 heavy (non-hydrogen) atoms. The number of ether oxygens (including phenoxy) is 3. The molecule has 2 saturated heterocycles. The van der Waals surface area contributed by atoms with Crippen LogP contribution in [0.3, 0.4) is 0 Å². The Bertz CT molecular complexity index is 1790. The minimum atomic E-state index is -1.22. The molecule has 3 aromatic rings. The second kappa shape index (κ2) is 14.8. The number of nitrogens with zero attached hydrogens (tertiary/aromatic N) is 5. The van der Waals surface area contributed by atoms with Crippen molar-refractivity contribution >= 4 is 46.5 Å². The van der Waals surface area contributed by atoms with Gasteiger partial charge in [0.1, 0.15) is 17.6 Å². The van der Waals surface area contributed by atoms with E-state index in [-0.39, 0.29) is 46.1 Å². The number of aromatic carboxylic acids is 1. The van der Waals surface area contributed by atoms with Crippen LogP contribution in [0.5, 0.6) is 5.75 Å². The Labute approximate surface area is 293 Å². The summed E-state index contributed by atoms with van der Waals surface area (Å²) in [5.41, 5.74) is 3.00. The third kappa shape index (κ3) is 6.87. The van der Waals surface area contributed by atoms with Crippen molar-refractivity contribution in [3.8, 4) is 22.9 Å². The van der Waals surface area contributed by atoms with E-state index in [0.29, 0.717) is 92.9 Å². The van der Waals surface area contributed by atoms with Crippen LogP contribution in [0.2, 0.25) is 10.0 Å². The van der Waals surface area contributed by atoms with Gasteiger partial charge in [0, 0.05) is 68.8 Å². The molecule has 14 heteroatoms. The van der Waals surface area contributed by atoms with Crippen LogP contribution in [0.15, 0.2) is 36.4 Å². The molecule has 0 radical (unpaired) electrons. The summed E-state index contributed by atoms with van der Waals surface area (Å²) in [6.45, 7) is 6.48. The zero-order valence-corrected chi connectivity index (χ0v) is 28.7. The van der Waals surface area contributed by atoms with Crippen LogP contribution in [-0.4, -0.2) is 106 Å². The molecule has 0 saturated carbocycles. The number of morpholine rings is 1. The average Bonchev–Trinajstić information content (AvgIpc) is 3.10. The molecule has 1 amide bonds. The number of rotatable bonds is 8. The molecule has 258 valence electrons. The summed E-state index contributed by atoms with van der Waals surface area (Å²) in [5, 5.41) is 20.0. The van der Waals surface area contributed by atoms with E-state index < -0.39 is 17.7 Å². The third-order valence-corrected chi connectivity index (χ3v) is 9.86. The normalized spacial score (nSPS) is 18.1. The number of benzene rings is 3. The van der Waals surface area contributed by atoms with Crippen molar-refractivity contribution in [3.05, 3.63) is 74.5 Å². The van der Waals surface area contributed by atoms with E-state index in [4.69, 9.17) is 37.4 Å². The highest BCUT2D eigenvalue weighted by Crippen LogP contribution is 2.43. The van der Waals surface area contributed by atoms with Gasteiger partial charge in [-0.15, -0.1) is 0 Å². The molecule has 3 aliphatic heterocycles. The Morgan fingerprint density at radius 1 is 1.10 bits per heavy atom. The number of halogens is 3. The first-order chi connectivity index (χ1) is 23.6. The maximum Gasteiger partial charge on any atom is 0.337 e. The van der Waals surface area contributed by atoms with Gasteiger partial charge < -0.3 is 34.0 Å². The van der Waals surface area contributed by atoms with Gasteiger partial charge in [0.2, 0.25) is 0 Å². The van der Waals surface area contributed by atoms with Crippen LogP contribution in [0.25, 0.3) is 11.1 Å². The molecule has 0 bridgehead atoms. The van der Waals surface area contributed by atoms with Crippen molar-refractivity contribution in [1.29, 1.82) is 5.26 Å². The first-order valence-corrected chi connectivity index (χ1v) is 16.7. The van der Waals surface area contributed by atoms with Crippen LogP contribution >= 0.6 is 23.2 Å². The molecule has 6 rings (SSSR count). The van der Waals surface area contributed by atoms with E-state index in [1.54, 1.807) is 44.4 Å². The number of hydrogen-bond donors (Lipinski definition) is 1. The van der Waals surface area contributed by atoms with Crippen LogP contribution < -0.4 is 14.5 Å². The number of carboxylic acids is 1. The van der Waals surface area contributed by atoms with Gasteiger partial charge in [-0.05, 0) is 30.7 Å². The van der Waals surface area contributed by atoms with Crippen LogP contribution in [0.1, 0.15) is 31.8 Å². The van der Waals surface area contributed by atoms with E-state index in [9.17, 15) is 20.0 Å². The van der Waals surface area contributed by atoms with E-state index in [1.807, 2.05) is 9.80 Å². The lowest BCUT2D eigenvalue weighted by Gasteiger charge is -2.39. The van der Waals surface area contributed by atoms with E-state index in [2.05, 4.69) is 11.0 Å². The lowest BCUT2D eigenvalue weighted by Crippen LogP contribution is -2.53. The number of piperazine rings is 1. The fourth-order valence-corrected chi connectivity index (χ4v) is 7.45. The summed E-state index contributed by atoms with van der Waals surface area (Å²) >= 11 is 13.4. The highest BCUT2D eigenvalue weighted by Gasteiger charge is 2.32. The highest BCUT2D eigenvalue weighted by atomic mass is 35.5. The molecule has 1 unspecified atom stereocenters. The first kappa shape index (κ1) is 34.7. The van der Waals surface area contributed by atoms with Crippen molar-refractivity contribution in [1.82, 2.24) is 9.80 Å². The SMILES string of the molecule is COCCN1CCN(c2cc(Cl)c(C(=O)N3COc4c(cccc4-c4c(F)cc(C(=O)O)c(N5CCOCC5)c4C)C3)c(Cl)c2)CC1C#N. The van der Waals surface area contributed by atoms with Crippen molar-refractivity contribution in [3.63, 3.8) is 0 Å². The van der Waals surface area contributed by atoms with Crippen LogP contribution in [-0.2, 0) is 16.0 Å². The predicted molar refractivity (Wildman–Crippen MR) is 183 cm³/mol. The van der Waals surface area contributed by atoms with Gasteiger partial charge in [-0.2, -0.15) is 5.26 Å². The summed E-state index contributed by atoms with van der Waals surface area (Å²) in [5.74, 6) is -1.92. The average molecular weight is 713 g/mol. The van der Waals surface area contributed by atoms with Crippen molar-refractivity contribution in [2.24, 2.45) is 0 Å². The summed E-state index contributed by atoms with van der Waals surface area (Å²) in [4.78, 5) is 33.5. The second-order valence-electron chi connectivity index (χ2n) is 12.1. The van der Waals surface area contributed by atoms with Crippen molar-refractivity contribution < 1.29 is 33.3 Å². The Morgan fingerprint density at radius 3 is 2.51 bits per heavy atom. The maximum atomic E-state index is 15.8. The maximum absolute atomic E-state index is 15.8. The zero-order valence-electron chi connectivity index (χ0n) is 27.2.